The van der Waals surface area contributed by atoms with Crippen molar-refractivity contribution >= 4 is 0 Å². The minimum atomic E-state index is -0.364. The average Bonchev–Trinajstić information content (AvgIpc) is 2.86. The van der Waals surface area contributed by atoms with Crippen molar-refractivity contribution in [3.8, 4) is 11.1 Å². The molecule has 1 fully saturated rings. The van der Waals surface area contributed by atoms with Gasteiger partial charge >= 0.3 is 0 Å². The Labute approximate surface area is 123 Å². The van der Waals surface area contributed by atoms with E-state index in [1.807, 2.05) is 0 Å². The van der Waals surface area contributed by atoms with E-state index in [1.54, 1.807) is 30.3 Å². The van der Waals surface area contributed by atoms with Gasteiger partial charge in [-0.15, -0.1) is 0 Å². The number of nitrogens with one attached hydrogen (secondary N) is 1. The van der Waals surface area contributed by atoms with Gasteiger partial charge in [-0.05, 0) is 42.6 Å². The second kappa shape index (κ2) is 5.92. The molecule has 0 spiro atoms. The third-order valence-electron chi connectivity index (χ3n) is 4.06. The average molecular weight is 288 g/mol. The van der Waals surface area contributed by atoms with Gasteiger partial charge in [-0.25, -0.2) is 8.78 Å². The van der Waals surface area contributed by atoms with Crippen molar-refractivity contribution in [2.45, 2.75) is 24.9 Å². The van der Waals surface area contributed by atoms with Crippen molar-refractivity contribution in [3.05, 3.63) is 59.7 Å². The fraction of sp³-hybridized carbons (Fsp3) is 0.294. The maximum atomic E-state index is 14.7. The summed E-state index contributed by atoms with van der Waals surface area (Å²) in [5.41, 5.74) is 7.61. The Balaban J connectivity index is 1.91. The number of nitrogens with two attached hydrogens (primary N) is 1. The van der Waals surface area contributed by atoms with Crippen LogP contribution in [0.4, 0.5) is 8.78 Å². The largest absolute Gasteiger partial charge is 0.326 e. The van der Waals surface area contributed by atoms with Crippen LogP contribution in [0.1, 0.15) is 12.0 Å². The topological polar surface area (TPSA) is 38.0 Å². The summed E-state index contributed by atoms with van der Waals surface area (Å²) in [5, 5.41) is 3.30. The molecule has 0 saturated carbocycles. The molecule has 3 rings (SSSR count). The lowest BCUT2D eigenvalue weighted by Crippen LogP contribution is -2.38. The highest BCUT2D eigenvalue weighted by Gasteiger charge is 2.24. The molecule has 0 amide bonds. The van der Waals surface area contributed by atoms with Gasteiger partial charge in [-0.3, -0.25) is 0 Å². The van der Waals surface area contributed by atoms with Crippen LogP contribution in [0.2, 0.25) is 0 Å². The first kappa shape index (κ1) is 14.2. The second-order valence-electron chi connectivity index (χ2n) is 5.51. The van der Waals surface area contributed by atoms with Gasteiger partial charge in [0.1, 0.15) is 11.6 Å². The van der Waals surface area contributed by atoms with Crippen LogP contribution in [-0.4, -0.2) is 18.6 Å². The molecule has 1 heterocycles. The molecule has 4 heteroatoms. The molecule has 2 nitrogen and oxygen atoms in total. The van der Waals surface area contributed by atoms with E-state index in [0.29, 0.717) is 23.1 Å². The predicted molar refractivity (Wildman–Crippen MR) is 79.9 cm³/mol. The maximum absolute atomic E-state index is 14.7. The van der Waals surface area contributed by atoms with Crippen LogP contribution in [0.25, 0.3) is 11.1 Å². The van der Waals surface area contributed by atoms with Crippen molar-refractivity contribution in [3.63, 3.8) is 0 Å². The van der Waals surface area contributed by atoms with Gasteiger partial charge in [-0.1, -0.05) is 30.3 Å². The number of benzene rings is 2. The molecule has 0 bridgehead atoms. The third-order valence-corrected chi connectivity index (χ3v) is 4.06. The van der Waals surface area contributed by atoms with Gasteiger partial charge in [0.15, 0.2) is 0 Å². The van der Waals surface area contributed by atoms with Gasteiger partial charge in [0.2, 0.25) is 0 Å². The Morgan fingerprint density at radius 1 is 1.14 bits per heavy atom. The van der Waals surface area contributed by atoms with Crippen molar-refractivity contribution in [2.24, 2.45) is 5.73 Å². The molecule has 0 unspecified atom stereocenters. The summed E-state index contributed by atoms with van der Waals surface area (Å²) in [6.45, 7) is 0.872. The molecule has 3 N–H and O–H groups in total. The van der Waals surface area contributed by atoms with Gasteiger partial charge in [-0.2, -0.15) is 0 Å². The molecule has 1 aliphatic heterocycles. The second-order valence-corrected chi connectivity index (χ2v) is 5.51. The Morgan fingerprint density at radius 2 is 1.95 bits per heavy atom. The smallest absolute Gasteiger partial charge is 0.134 e. The van der Waals surface area contributed by atoms with Gasteiger partial charge in [0.05, 0.1) is 0 Å². The fourth-order valence-electron chi connectivity index (χ4n) is 2.86. The molecule has 110 valence electrons. The highest BCUT2D eigenvalue weighted by molar-refractivity contribution is 5.65. The first-order chi connectivity index (χ1) is 10.1. The summed E-state index contributed by atoms with van der Waals surface area (Å²) >= 11 is 0. The minimum Gasteiger partial charge on any atom is -0.326 e. The molecule has 2 atom stereocenters. The molecule has 21 heavy (non-hydrogen) atoms. The van der Waals surface area contributed by atoms with E-state index >= 15 is 0 Å². The van der Waals surface area contributed by atoms with Crippen molar-refractivity contribution < 1.29 is 8.78 Å². The highest BCUT2D eigenvalue weighted by atomic mass is 19.1. The normalized spacial score (nSPS) is 21.7. The summed E-state index contributed by atoms with van der Waals surface area (Å²) in [6.07, 6.45) is 1.46. The van der Waals surface area contributed by atoms with Crippen molar-refractivity contribution in [1.29, 1.82) is 0 Å². The lowest BCUT2D eigenvalue weighted by Gasteiger charge is -2.17. The summed E-state index contributed by atoms with van der Waals surface area (Å²) in [7, 11) is 0. The van der Waals surface area contributed by atoms with Crippen LogP contribution in [0, 0.1) is 11.6 Å². The highest BCUT2D eigenvalue weighted by Crippen LogP contribution is 2.26. The van der Waals surface area contributed by atoms with Crippen molar-refractivity contribution in [2.75, 3.05) is 6.54 Å². The first-order valence-corrected chi connectivity index (χ1v) is 7.17. The molecule has 0 radical (unpaired) electrons. The summed E-state index contributed by atoms with van der Waals surface area (Å²) in [6, 6.07) is 11.4. The molecule has 2 aromatic carbocycles. The van der Waals surface area contributed by atoms with E-state index in [1.165, 1.54) is 12.1 Å². The number of hydrogen-bond acceptors (Lipinski definition) is 2. The standard InChI is InChI=1S/C17H18F2N2/c18-13-5-1-3-11(9-13)14-6-2-4-12(17(14)19)10-16-15(20)7-8-21-16/h1-6,9,15-16,21H,7-8,10,20H2/t15-,16-/m0/s1. The molecule has 0 aromatic heterocycles. The fourth-order valence-corrected chi connectivity index (χ4v) is 2.86. The van der Waals surface area contributed by atoms with Crippen LogP contribution in [-0.2, 0) is 6.42 Å². The van der Waals surface area contributed by atoms with E-state index in [4.69, 9.17) is 5.73 Å². The Bertz CT molecular complexity index is 642. The lowest BCUT2D eigenvalue weighted by atomic mass is 9.96. The molecular weight excluding hydrogens is 270 g/mol. The zero-order valence-corrected chi connectivity index (χ0v) is 11.7. The van der Waals surface area contributed by atoms with E-state index in [0.717, 1.165) is 13.0 Å². The quantitative estimate of drug-likeness (QED) is 0.911. The van der Waals surface area contributed by atoms with Crippen LogP contribution >= 0.6 is 0 Å². The predicted octanol–water partition coefficient (Wildman–Crippen LogP) is 2.86. The molecule has 1 aliphatic rings. The van der Waals surface area contributed by atoms with E-state index in [9.17, 15) is 8.78 Å². The van der Waals surface area contributed by atoms with Crippen LogP contribution < -0.4 is 11.1 Å². The van der Waals surface area contributed by atoms with Crippen LogP contribution in [0.15, 0.2) is 42.5 Å². The number of halogens is 2. The van der Waals surface area contributed by atoms with Gasteiger partial charge in [0, 0.05) is 17.6 Å². The van der Waals surface area contributed by atoms with Crippen LogP contribution in [0.3, 0.4) is 0 Å². The van der Waals surface area contributed by atoms with Gasteiger partial charge < -0.3 is 11.1 Å². The monoisotopic (exact) mass is 288 g/mol. The first-order valence-electron chi connectivity index (χ1n) is 7.17. The molecule has 0 aliphatic carbocycles. The molecule has 2 aromatic rings. The van der Waals surface area contributed by atoms with Crippen molar-refractivity contribution in [1.82, 2.24) is 5.32 Å². The molecular formula is C17H18F2N2. The summed E-state index contributed by atoms with van der Waals surface area (Å²) in [5.74, 6) is -0.652. The summed E-state index contributed by atoms with van der Waals surface area (Å²) in [4.78, 5) is 0. The van der Waals surface area contributed by atoms with Gasteiger partial charge in [0.25, 0.3) is 0 Å². The van der Waals surface area contributed by atoms with E-state index in [-0.39, 0.29) is 23.7 Å². The lowest BCUT2D eigenvalue weighted by molar-refractivity contribution is 0.520. The zero-order chi connectivity index (χ0) is 14.8. The van der Waals surface area contributed by atoms with E-state index < -0.39 is 0 Å². The van der Waals surface area contributed by atoms with Crippen LogP contribution in [0.5, 0.6) is 0 Å². The Hall–Kier alpha value is -1.78. The maximum Gasteiger partial charge on any atom is 0.134 e. The number of rotatable bonds is 3. The minimum absolute atomic E-state index is 0.0576. The Kier molecular flexibility index (Phi) is 3.99. The van der Waals surface area contributed by atoms with E-state index in [2.05, 4.69) is 5.32 Å². The number of hydrogen-bond donors (Lipinski definition) is 2. The molecule has 1 saturated heterocycles. The third kappa shape index (κ3) is 2.96. The summed E-state index contributed by atoms with van der Waals surface area (Å²) < 4.78 is 28.0. The Morgan fingerprint density at radius 3 is 2.67 bits per heavy atom. The zero-order valence-electron chi connectivity index (χ0n) is 11.7. The SMILES string of the molecule is N[C@H]1CCN[C@H]1Cc1cccc(-c2cccc(F)c2)c1F.